The number of aryl methyl sites for hydroxylation is 1. The van der Waals surface area contributed by atoms with Crippen LogP contribution in [0.3, 0.4) is 0 Å². The van der Waals surface area contributed by atoms with Gasteiger partial charge in [-0.3, -0.25) is 4.79 Å². The second-order valence-electron chi connectivity index (χ2n) is 7.97. The van der Waals surface area contributed by atoms with Gasteiger partial charge in [0, 0.05) is 40.7 Å². The van der Waals surface area contributed by atoms with Gasteiger partial charge >= 0.3 is 0 Å². The maximum absolute atomic E-state index is 12.3. The molecule has 2 aromatic carbocycles. The van der Waals surface area contributed by atoms with Crippen molar-refractivity contribution < 1.29 is 9.53 Å². The Kier molecular flexibility index (Phi) is 5.08. The number of pyridine rings is 1. The monoisotopic (exact) mass is 466 g/mol. The van der Waals surface area contributed by atoms with Crippen LogP contribution in [-0.2, 0) is 4.79 Å². The fourth-order valence-electron chi connectivity index (χ4n) is 4.32. The molecule has 0 spiro atoms. The Hall–Kier alpha value is -2.64. The molecule has 2 saturated heterocycles. The minimum atomic E-state index is -0.194. The van der Waals surface area contributed by atoms with Gasteiger partial charge in [-0.2, -0.15) is 0 Å². The number of nitrogens with one attached hydrogen (secondary N) is 2. The summed E-state index contributed by atoms with van der Waals surface area (Å²) in [6.07, 6.45) is 1.20. The van der Waals surface area contributed by atoms with E-state index in [0.29, 0.717) is 17.8 Å². The van der Waals surface area contributed by atoms with Gasteiger partial charge in [-0.05, 0) is 67.4 Å². The van der Waals surface area contributed by atoms with Gasteiger partial charge in [0.1, 0.15) is 11.6 Å². The number of benzene rings is 2. The molecule has 2 aliphatic rings. The molecule has 30 heavy (non-hydrogen) atoms. The molecule has 1 aromatic heterocycles. The number of amides is 1. The normalized spacial score (nSPS) is 20.0. The van der Waals surface area contributed by atoms with Crippen LogP contribution in [0.5, 0.6) is 5.75 Å². The van der Waals surface area contributed by atoms with Gasteiger partial charge in [-0.1, -0.05) is 15.9 Å². The van der Waals surface area contributed by atoms with E-state index in [9.17, 15) is 4.79 Å². The molecule has 0 radical (unpaired) electrons. The third-order valence-corrected chi connectivity index (χ3v) is 6.35. The van der Waals surface area contributed by atoms with E-state index < -0.39 is 0 Å². The highest BCUT2D eigenvalue weighted by Gasteiger charge is 2.38. The molecule has 0 aliphatic carbocycles. The number of hydrogen-bond acceptors (Lipinski definition) is 5. The smallest absolute Gasteiger partial charge is 0.262 e. The molecule has 154 valence electrons. The quantitative estimate of drug-likeness (QED) is 0.597. The first-order chi connectivity index (χ1) is 14.5. The topological polar surface area (TPSA) is 66.5 Å². The molecule has 0 saturated carbocycles. The Morgan fingerprint density at radius 2 is 2.10 bits per heavy atom. The van der Waals surface area contributed by atoms with Crippen molar-refractivity contribution in [1.29, 1.82) is 0 Å². The van der Waals surface area contributed by atoms with Crippen LogP contribution < -0.4 is 20.3 Å². The van der Waals surface area contributed by atoms with E-state index >= 15 is 0 Å². The molecule has 2 N–H and O–H groups in total. The third-order valence-electron chi connectivity index (χ3n) is 5.82. The first-order valence-electron chi connectivity index (χ1n) is 10.1. The van der Waals surface area contributed by atoms with Crippen LogP contribution in [-0.4, -0.2) is 42.7 Å². The van der Waals surface area contributed by atoms with Crippen LogP contribution >= 0.6 is 15.9 Å². The lowest BCUT2D eigenvalue weighted by Crippen LogP contribution is -2.44. The summed E-state index contributed by atoms with van der Waals surface area (Å²) in [6.45, 7) is 4.12. The van der Waals surface area contributed by atoms with Gasteiger partial charge in [-0.15, -0.1) is 0 Å². The zero-order valence-corrected chi connectivity index (χ0v) is 18.3. The lowest BCUT2D eigenvalue weighted by atomic mass is 10.1. The number of piperazine rings is 1. The molecule has 7 heteroatoms. The van der Waals surface area contributed by atoms with Crippen molar-refractivity contribution in [3.8, 4) is 5.75 Å². The van der Waals surface area contributed by atoms with Gasteiger partial charge in [0.05, 0.1) is 5.52 Å². The van der Waals surface area contributed by atoms with E-state index in [4.69, 9.17) is 9.72 Å². The average Bonchev–Trinajstić information content (AvgIpc) is 3.37. The Morgan fingerprint density at radius 1 is 1.27 bits per heavy atom. The minimum Gasteiger partial charge on any atom is -0.484 e. The van der Waals surface area contributed by atoms with Crippen molar-refractivity contribution >= 4 is 44.2 Å². The van der Waals surface area contributed by atoms with Crippen molar-refractivity contribution in [2.75, 3.05) is 29.9 Å². The maximum atomic E-state index is 12.3. The molecule has 3 aromatic rings. The van der Waals surface area contributed by atoms with Gasteiger partial charge < -0.3 is 20.3 Å². The summed E-state index contributed by atoms with van der Waals surface area (Å²) in [6, 6.07) is 16.5. The van der Waals surface area contributed by atoms with Crippen LogP contribution in [0.1, 0.15) is 12.0 Å². The number of anilines is 2. The summed E-state index contributed by atoms with van der Waals surface area (Å²) >= 11 is 3.38. The Bertz CT molecular complexity index is 1100. The van der Waals surface area contributed by atoms with E-state index in [2.05, 4.69) is 44.5 Å². The standard InChI is InChI=1S/C23H23BrN4O2/c1-14-8-22(28-12-17-9-18(28)11-25-17)27-21-7-4-16(10-20(14)21)26-23(29)13-30-19-5-2-15(24)3-6-19/h2-8,10,17-18,25H,9,11-13H2,1H3,(H,26,29). The van der Waals surface area contributed by atoms with Crippen LogP contribution in [0.15, 0.2) is 53.0 Å². The van der Waals surface area contributed by atoms with Crippen LogP contribution in [0.2, 0.25) is 0 Å². The summed E-state index contributed by atoms with van der Waals surface area (Å²) in [5, 5.41) is 7.50. The number of aromatic nitrogens is 1. The number of rotatable bonds is 5. The fraction of sp³-hybridized carbons (Fsp3) is 0.304. The Labute approximate surface area is 183 Å². The predicted octanol–water partition coefficient (Wildman–Crippen LogP) is 3.87. The molecule has 6 nitrogen and oxygen atoms in total. The van der Waals surface area contributed by atoms with E-state index in [1.165, 1.54) is 6.42 Å². The van der Waals surface area contributed by atoms with E-state index in [1.807, 2.05) is 42.5 Å². The van der Waals surface area contributed by atoms with Gasteiger partial charge in [-0.25, -0.2) is 4.98 Å². The first kappa shape index (κ1) is 19.3. The van der Waals surface area contributed by atoms with Crippen molar-refractivity contribution in [1.82, 2.24) is 10.3 Å². The molecule has 1 amide bonds. The van der Waals surface area contributed by atoms with Crippen molar-refractivity contribution in [2.24, 2.45) is 0 Å². The molecular formula is C23H23BrN4O2. The predicted molar refractivity (Wildman–Crippen MR) is 122 cm³/mol. The van der Waals surface area contributed by atoms with E-state index in [1.54, 1.807) is 0 Å². The minimum absolute atomic E-state index is 0.0403. The second kappa shape index (κ2) is 7.89. The van der Waals surface area contributed by atoms with Crippen molar-refractivity contribution in [2.45, 2.75) is 25.4 Å². The highest BCUT2D eigenvalue weighted by atomic mass is 79.9. The van der Waals surface area contributed by atoms with Gasteiger partial charge in [0.15, 0.2) is 6.61 Å². The number of hydrogen-bond donors (Lipinski definition) is 2. The number of nitrogens with zero attached hydrogens (tertiary/aromatic N) is 2. The largest absolute Gasteiger partial charge is 0.484 e. The average molecular weight is 467 g/mol. The summed E-state index contributed by atoms with van der Waals surface area (Å²) in [4.78, 5) is 19.6. The number of carbonyl (C=O) groups is 1. The zero-order chi connectivity index (χ0) is 20.7. The lowest BCUT2D eigenvalue weighted by Gasteiger charge is -2.29. The van der Waals surface area contributed by atoms with Gasteiger partial charge in [0.2, 0.25) is 0 Å². The summed E-state index contributed by atoms with van der Waals surface area (Å²) in [7, 11) is 0. The number of carbonyl (C=O) groups excluding carboxylic acids is 1. The van der Waals surface area contributed by atoms with Crippen LogP contribution in [0.4, 0.5) is 11.5 Å². The highest BCUT2D eigenvalue weighted by Crippen LogP contribution is 2.31. The molecule has 2 atom stereocenters. The summed E-state index contributed by atoms with van der Waals surface area (Å²) in [5.74, 6) is 1.51. The molecule has 5 rings (SSSR count). The molecule has 3 heterocycles. The number of halogens is 1. The van der Waals surface area contributed by atoms with Crippen molar-refractivity contribution in [3.05, 3.63) is 58.6 Å². The number of fused-ring (bicyclic) bond motifs is 3. The first-order valence-corrected chi connectivity index (χ1v) is 10.9. The van der Waals surface area contributed by atoms with Gasteiger partial charge in [0.25, 0.3) is 5.91 Å². The second-order valence-corrected chi connectivity index (χ2v) is 8.88. The summed E-state index contributed by atoms with van der Waals surface area (Å²) < 4.78 is 6.52. The Balaban J connectivity index is 1.28. The molecule has 2 bridgehead atoms. The zero-order valence-electron chi connectivity index (χ0n) is 16.7. The molecular weight excluding hydrogens is 444 g/mol. The maximum Gasteiger partial charge on any atom is 0.262 e. The number of ether oxygens (including phenoxy) is 1. The van der Waals surface area contributed by atoms with Crippen LogP contribution in [0.25, 0.3) is 10.9 Å². The SMILES string of the molecule is Cc1cc(N2CC3CC2CN3)nc2ccc(NC(=O)COc3ccc(Br)cc3)cc12. The highest BCUT2D eigenvalue weighted by molar-refractivity contribution is 9.10. The van der Waals surface area contributed by atoms with E-state index in [-0.39, 0.29) is 12.5 Å². The molecule has 2 fully saturated rings. The lowest BCUT2D eigenvalue weighted by molar-refractivity contribution is -0.118. The summed E-state index contributed by atoms with van der Waals surface area (Å²) in [5.41, 5.74) is 2.85. The van der Waals surface area contributed by atoms with E-state index in [0.717, 1.165) is 45.5 Å². The van der Waals surface area contributed by atoms with Crippen molar-refractivity contribution in [3.63, 3.8) is 0 Å². The Morgan fingerprint density at radius 3 is 2.83 bits per heavy atom. The third kappa shape index (κ3) is 3.87. The molecule has 2 unspecified atom stereocenters. The van der Waals surface area contributed by atoms with Crippen LogP contribution in [0, 0.1) is 6.92 Å². The fourth-order valence-corrected chi connectivity index (χ4v) is 4.58. The molecule has 2 aliphatic heterocycles.